The van der Waals surface area contributed by atoms with E-state index in [2.05, 4.69) is 15.3 Å². The zero-order valence-electron chi connectivity index (χ0n) is 11.9. The number of nitrogen functional groups attached to an aromatic ring is 1. The Hall–Kier alpha value is -2.17. The van der Waals surface area contributed by atoms with Crippen molar-refractivity contribution in [2.45, 2.75) is 33.2 Å². The quantitative estimate of drug-likeness (QED) is 0.898. The standard InChI is InChI=1S/C15H19FN4/c1-4-13-19-14(17)9(2)15(20-13)18-10(3)11-6-5-7-12(16)8-11/h5-8,10H,4H2,1-3H3,(H3,17,18,19,20). The molecule has 106 valence electrons. The summed E-state index contributed by atoms with van der Waals surface area (Å²) < 4.78 is 13.3. The Labute approximate surface area is 118 Å². The van der Waals surface area contributed by atoms with Gasteiger partial charge in [-0.05, 0) is 31.5 Å². The van der Waals surface area contributed by atoms with Gasteiger partial charge < -0.3 is 11.1 Å². The maximum atomic E-state index is 13.3. The molecule has 3 N–H and O–H groups in total. The van der Waals surface area contributed by atoms with Crippen molar-refractivity contribution in [3.8, 4) is 0 Å². The van der Waals surface area contributed by atoms with E-state index in [4.69, 9.17) is 5.73 Å². The van der Waals surface area contributed by atoms with Crippen molar-refractivity contribution in [2.24, 2.45) is 0 Å². The summed E-state index contributed by atoms with van der Waals surface area (Å²) in [7, 11) is 0. The molecule has 0 fully saturated rings. The number of hydrogen-bond donors (Lipinski definition) is 2. The van der Waals surface area contributed by atoms with E-state index in [1.807, 2.05) is 26.8 Å². The molecular formula is C15H19FN4. The van der Waals surface area contributed by atoms with Gasteiger partial charge in [-0.2, -0.15) is 0 Å². The Kier molecular flexibility index (Phi) is 4.17. The van der Waals surface area contributed by atoms with Gasteiger partial charge in [0.05, 0.1) is 6.04 Å². The molecule has 0 aliphatic carbocycles. The Bertz CT molecular complexity index is 613. The van der Waals surface area contributed by atoms with Gasteiger partial charge in [0.2, 0.25) is 0 Å². The molecule has 1 aromatic heterocycles. The normalized spacial score (nSPS) is 12.2. The van der Waals surface area contributed by atoms with Crippen LogP contribution >= 0.6 is 0 Å². The van der Waals surface area contributed by atoms with E-state index in [1.54, 1.807) is 6.07 Å². The molecule has 0 amide bonds. The molecule has 0 bridgehead atoms. The Morgan fingerprint density at radius 3 is 2.75 bits per heavy atom. The molecule has 4 nitrogen and oxygen atoms in total. The van der Waals surface area contributed by atoms with Crippen LogP contribution in [0.15, 0.2) is 24.3 Å². The van der Waals surface area contributed by atoms with Crippen molar-refractivity contribution in [1.29, 1.82) is 0 Å². The lowest BCUT2D eigenvalue weighted by Gasteiger charge is -2.18. The molecule has 0 aliphatic heterocycles. The fourth-order valence-electron chi connectivity index (χ4n) is 1.95. The van der Waals surface area contributed by atoms with Crippen LogP contribution in [-0.2, 0) is 6.42 Å². The lowest BCUT2D eigenvalue weighted by Crippen LogP contribution is -2.12. The molecule has 0 aliphatic rings. The van der Waals surface area contributed by atoms with E-state index in [1.165, 1.54) is 12.1 Å². The van der Waals surface area contributed by atoms with Crippen LogP contribution < -0.4 is 11.1 Å². The summed E-state index contributed by atoms with van der Waals surface area (Å²) >= 11 is 0. The zero-order valence-corrected chi connectivity index (χ0v) is 11.9. The van der Waals surface area contributed by atoms with Crippen LogP contribution in [0.2, 0.25) is 0 Å². The first kappa shape index (κ1) is 14.2. The molecular weight excluding hydrogens is 255 g/mol. The highest BCUT2D eigenvalue weighted by atomic mass is 19.1. The first-order valence-electron chi connectivity index (χ1n) is 6.66. The Morgan fingerprint density at radius 1 is 1.35 bits per heavy atom. The summed E-state index contributed by atoms with van der Waals surface area (Å²) in [5, 5.41) is 3.27. The van der Waals surface area contributed by atoms with Gasteiger partial charge in [0, 0.05) is 12.0 Å². The van der Waals surface area contributed by atoms with Crippen LogP contribution in [0.4, 0.5) is 16.0 Å². The van der Waals surface area contributed by atoms with Gasteiger partial charge >= 0.3 is 0 Å². The number of aromatic nitrogens is 2. The van der Waals surface area contributed by atoms with Crippen LogP contribution in [-0.4, -0.2) is 9.97 Å². The first-order chi connectivity index (χ1) is 9.51. The number of nitrogens with zero attached hydrogens (tertiary/aromatic N) is 2. The second kappa shape index (κ2) is 5.86. The molecule has 2 rings (SSSR count). The molecule has 20 heavy (non-hydrogen) atoms. The highest BCUT2D eigenvalue weighted by Gasteiger charge is 2.12. The minimum absolute atomic E-state index is 0.0663. The molecule has 0 saturated heterocycles. The SMILES string of the molecule is CCc1nc(N)c(C)c(NC(C)c2cccc(F)c2)n1. The third-order valence-electron chi connectivity index (χ3n) is 3.25. The van der Waals surface area contributed by atoms with Crippen LogP contribution in [0.25, 0.3) is 0 Å². The predicted octanol–water partition coefficient (Wildman–Crippen LogP) is 3.24. The number of nitrogens with one attached hydrogen (secondary N) is 1. The maximum absolute atomic E-state index is 13.3. The fourth-order valence-corrected chi connectivity index (χ4v) is 1.95. The van der Waals surface area contributed by atoms with E-state index in [0.717, 1.165) is 11.1 Å². The topological polar surface area (TPSA) is 63.8 Å². The second-order valence-corrected chi connectivity index (χ2v) is 4.77. The van der Waals surface area contributed by atoms with Gasteiger partial charge in [-0.3, -0.25) is 0 Å². The lowest BCUT2D eigenvalue weighted by atomic mass is 10.1. The summed E-state index contributed by atoms with van der Waals surface area (Å²) in [4.78, 5) is 8.66. The molecule has 0 radical (unpaired) electrons. The summed E-state index contributed by atoms with van der Waals surface area (Å²) in [5.41, 5.74) is 7.56. The van der Waals surface area contributed by atoms with Crippen LogP contribution in [0.1, 0.15) is 36.8 Å². The van der Waals surface area contributed by atoms with Crippen molar-refractivity contribution >= 4 is 11.6 Å². The van der Waals surface area contributed by atoms with Crippen molar-refractivity contribution < 1.29 is 4.39 Å². The van der Waals surface area contributed by atoms with E-state index in [-0.39, 0.29) is 11.9 Å². The van der Waals surface area contributed by atoms with Gasteiger partial charge in [-0.25, -0.2) is 14.4 Å². The van der Waals surface area contributed by atoms with Gasteiger partial charge in [-0.1, -0.05) is 19.1 Å². The molecule has 1 aromatic carbocycles. The zero-order chi connectivity index (χ0) is 14.7. The Balaban J connectivity index is 2.27. The monoisotopic (exact) mass is 274 g/mol. The summed E-state index contributed by atoms with van der Waals surface area (Å²) in [6.45, 7) is 5.80. The maximum Gasteiger partial charge on any atom is 0.135 e. The van der Waals surface area contributed by atoms with Gasteiger partial charge in [0.15, 0.2) is 0 Å². The third kappa shape index (κ3) is 3.04. The minimum Gasteiger partial charge on any atom is -0.383 e. The molecule has 1 atom stereocenters. The number of aryl methyl sites for hydroxylation is 1. The predicted molar refractivity (Wildman–Crippen MR) is 79.0 cm³/mol. The highest BCUT2D eigenvalue weighted by molar-refractivity contribution is 5.55. The van der Waals surface area contributed by atoms with Crippen molar-refractivity contribution in [2.75, 3.05) is 11.1 Å². The smallest absolute Gasteiger partial charge is 0.135 e. The summed E-state index contributed by atoms with van der Waals surface area (Å²) in [6, 6.07) is 6.45. The van der Waals surface area contributed by atoms with E-state index in [0.29, 0.717) is 23.9 Å². The van der Waals surface area contributed by atoms with E-state index in [9.17, 15) is 4.39 Å². The molecule has 0 spiro atoms. The fraction of sp³-hybridized carbons (Fsp3) is 0.333. The van der Waals surface area contributed by atoms with Gasteiger partial charge in [0.1, 0.15) is 23.3 Å². The van der Waals surface area contributed by atoms with Crippen molar-refractivity contribution in [1.82, 2.24) is 9.97 Å². The highest BCUT2D eigenvalue weighted by Crippen LogP contribution is 2.23. The van der Waals surface area contributed by atoms with E-state index >= 15 is 0 Å². The average molecular weight is 274 g/mol. The largest absolute Gasteiger partial charge is 0.383 e. The third-order valence-corrected chi connectivity index (χ3v) is 3.25. The average Bonchev–Trinajstić information content (AvgIpc) is 2.43. The number of anilines is 2. The lowest BCUT2D eigenvalue weighted by molar-refractivity contribution is 0.623. The van der Waals surface area contributed by atoms with Crippen molar-refractivity contribution in [3.05, 3.63) is 47.0 Å². The number of nitrogens with two attached hydrogens (primary N) is 1. The summed E-state index contributed by atoms with van der Waals surface area (Å²) in [5.74, 6) is 1.63. The number of halogens is 1. The van der Waals surface area contributed by atoms with Crippen LogP contribution in [0, 0.1) is 12.7 Å². The number of rotatable bonds is 4. The van der Waals surface area contributed by atoms with Crippen LogP contribution in [0.3, 0.4) is 0 Å². The Morgan fingerprint density at radius 2 is 2.10 bits per heavy atom. The molecule has 2 aromatic rings. The second-order valence-electron chi connectivity index (χ2n) is 4.77. The summed E-state index contributed by atoms with van der Waals surface area (Å²) in [6.07, 6.45) is 0.716. The number of benzene rings is 1. The van der Waals surface area contributed by atoms with E-state index < -0.39 is 0 Å². The molecule has 0 saturated carbocycles. The van der Waals surface area contributed by atoms with Crippen LogP contribution in [0.5, 0.6) is 0 Å². The van der Waals surface area contributed by atoms with Gasteiger partial charge in [0.25, 0.3) is 0 Å². The molecule has 5 heteroatoms. The van der Waals surface area contributed by atoms with Crippen molar-refractivity contribution in [3.63, 3.8) is 0 Å². The number of hydrogen-bond acceptors (Lipinski definition) is 4. The minimum atomic E-state index is -0.246. The first-order valence-corrected chi connectivity index (χ1v) is 6.66. The molecule has 1 heterocycles. The van der Waals surface area contributed by atoms with Gasteiger partial charge in [-0.15, -0.1) is 0 Å². The molecule has 1 unspecified atom stereocenters.